The first-order chi connectivity index (χ1) is 13.9. The second-order valence-electron chi connectivity index (χ2n) is 7.02. The number of hydrogen-bond donors (Lipinski definition) is 0. The lowest BCUT2D eigenvalue weighted by molar-refractivity contribution is 0.0210. The smallest absolute Gasteiger partial charge is 0.339 e. The van der Waals surface area contributed by atoms with Crippen LogP contribution >= 0.6 is 0 Å². The molecular weight excluding hydrogens is 394 g/mol. The maximum atomic E-state index is 13.0. The Morgan fingerprint density at radius 2 is 1.83 bits per heavy atom. The van der Waals surface area contributed by atoms with E-state index in [1.165, 1.54) is 38.7 Å². The molecule has 3 rings (SSSR count). The Morgan fingerprint density at radius 1 is 1.07 bits per heavy atom. The molecule has 29 heavy (non-hydrogen) atoms. The van der Waals surface area contributed by atoms with Gasteiger partial charge in [-0.25, -0.2) is 13.2 Å². The Balaban J connectivity index is 1.79. The zero-order valence-corrected chi connectivity index (χ0v) is 17.4. The molecule has 0 unspecified atom stereocenters. The Kier molecular flexibility index (Phi) is 6.74. The molecule has 8 heteroatoms. The van der Waals surface area contributed by atoms with Crippen LogP contribution in [0.15, 0.2) is 41.6 Å². The highest BCUT2D eigenvalue weighted by molar-refractivity contribution is 7.90. The number of hydrogen-bond acceptors (Lipinski definition) is 7. The van der Waals surface area contributed by atoms with Crippen molar-refractivity contribution in [1.82, 2.24) is 4.98 Å². The average molecular weight is 419 g/mol. The molecule has 1 fully saturated rings. The van der Waals surface area contributed by atoms with Gasteiger partial charge >= 0.3 is 5.97 Å². The number of carbonyl (C=O) groups is 1. The number of nitrogens with zero attached hydrogens (tertiary/aromatic N) is 1. The molecule has 1 aromatic carbocycles. The minimum absolute atomic E-state index is 0.0227. The summed E-state index contributed by atoms with van der Waals surface area (Å²) in [5.41, 5.74) is 0.647. The third kappa shape index (κ3) is 5.26. The predicted molar refractivity (Wildman–Crippen MR) is 107 cm³/mol. The molecule has 1 aliphatic rings. The number of methoxy groups -OCH3 is 2. The SMILES string of the molecule is COc1ccc(OC)c(S(=O)(=O)Cc2cncc(C(=O)OC3CCCCC3)c2)c1. The predicted octanol–water partition coefficient (Wildman–Crippen LogP) is 3.56. The van der Waals surface area contributed by atoms with Crippen molar-refractivity contribution in [2.24, 2.45) is 0 Å². The maximum absolute atomic E-state index is 13.0. The van der Waals surface area contributed by atoms with Crippen LogP contribution in [0.3, 0.4) is 0 Å². The molecule has 0 spiro atoms. The van der Waals surface area contributed by atoms with E-state index in [0.717, 1.165) is 32.1 Å². The topological polar surface area (TPSA) is 91.8 Å². The fourth-order valence-corrected chi connectivity index (χ4v) is 4.91. The van der Waals surface area contributed by atoms with Crippen molar-refractivity contribution in [3.63, 3.8) is 0 Å². The van der Waals surface area contributed by atoms with E-state index in [4.69, 9.17) is 14.2 Å². The number of sulfone groups is 1. The van der Waals surface area contributed by atoms with E-state index in [9.17, 15) is 13.2 Å². The van der Waals surface area contributed by atoms with Crippen LogP contribution in [-0.4, -0.2) is 39.7 Å². The second-order valence-corrected chi connectivity index (χ2v) is 8.98. The first kappa shape index (κ1) is 21.1. The molecule has 0 amide bonds. The Hall–Kier alpha value is -2.61. The normalized spacial score (nSPS) is 15.0. The van der Waals surface area contributed by atoms with Gasteiger partial charge in [-0.2, -0.15) is 0 Å². The van der Waals surface area contributed by atoms with Crippen molar-refractivity contribution in [2.45, 2.75) is 48.9 Å². The highest BCUT2D eigenvalue weighted by atomic mass is 32.2. The second kappa shape index (κ2) is 9.26. The van der Waals surface area contributed by atoms with Crippen molar-refractivity contribution >= 4 is 15.8 Å². The number of pyridine rings is 1. The first-order valence-electron chi connectivity index (χ1n) is 9.52. The van der Waals surface area contributed by atoms with Gasteiger partial charge in [-0.05, 0) is 49.4 Å². The van der Waals surface area contributed by atoms with Crippen LogP contribution < -0.4 is 9.47 Å². The minimum Gasteiger partial charge on any atom is -0.497 e. The van der Waals surface area contributed by atoms with Gasteiger partial charge in [0.2, 0.25) is 0 Å². The molecule has 0 atom stereocenters. The van der Waals surface area contributed by atoms with Gasteiger partial charge in [0.1, 0.15) is 22.5 Å². The fraction of sp³-hybridized carbons (Fsp3) is 0.429. The van der Waals surface area contributed by atoms with E-state index >= 15 is 0 Å². The first-order valence-corrected chi connectivity index (χ1v) is 11.2. The largest absolute Gasteiger partial charge is 0.497 e. The number of ether oxygens (including phenoxy) is 3. The summed E-state index contributed by atoms with van der Waals surface area (Å²) < 4.78 is 41.8. The Labute approximate surface area is 170 Å². The molecule has 0 aliphatic heterocycles. The summed E-state index contributed by atoms with van der Waals surface area (Å²) in [4.78, 5) is 16.5. The van der Waals surface area contributed by atoms with Crippen LogP contribution in [0.2, 0.25) is 0 Å². The fourth-order valence-electron chi connectivity index (χ4n) is 3.40. The van der Waals surface area contributed by atoms with Gasteiger partial charge in [0, 0.05) is 18.5 Å². The van der Waals surface area contributed by atoms with Gasteiger partial charge in [0.05, 0.1) is 25.5 Å². The summed E-state index contributed by atoms with van der Waals surface area (Å²) >= 11 is 0. The van der Waals surface area contributed by atoms with Gasteiger partial charge in [-0.15, -0.1) is 0 Å². The van der Waals surface area contributed by atoms with Crippen LogP contribution in [0.5, 0.6) is 11.5 Å². The van der Waals surface area contributed by atoms with Crippen molar-refractivity contribution in [1.29, 1.82) is 0 Å². The van der Waals surface area contributed by atoms with Gasteiger partial charge in [0.25, 0.3) is 0 Å². The van der Waals surface area contributed by atoms with Crippen LogP contribution in [-0.2, 0) is 20.3 Å². The van der Waals surface area contributed by atoms with Crippen molar-refractivity contribution < 1.29 is 27.4 Å². The zero-order chi connectivity index (χ0) is 20.9. The Morgan fingerprint density at radius 3 is 2.52 bits per heavy atom. The van der Waals surface area contributed by atoms with Gasteiger partial charge in [0.15, 0.2) is 9.84 Å². The standard InChI is InChI=1S/C21H25NO6S/c1-26-18-8-9-19(27-2)20(11-18)29(24,25)14-15-10-16(13-22-12-15)21(23)28-17-6-4-3-5-7-17/h8-13,17H,3-7,14H2,1-2H3. The van der Waals surface area contributed by atoms with Gasteiger partial charge < -0.3 is 14.2 Å². The lowest BCUT2D eigenvalue weighted by Gasteiger charge is -2.21. The number of esters is 1. The molecular formula is C21H25NO6S. The molecule has 1 heterocycles. The third-order valence-corrected chi connectivity index (χ3v) is 6.62. The van der Waals surface area contributed by atoms with E-state index in [0.29, 0.717) is 11.3 Å². The lowest BCUT2D eigenvalue weighted by atomic mass is 9.98. The molecule has 0 bridgehead atoms. The summed E-state index contributed by atoms with van der Waals surface area (Å²) in [6.45, 7) is 0. The van der Waals surface area contributed by atoms with Crippen molar-refractivity contribution in [3.8, 4) is 11.5 Å². The summed E-state index contributed by atoms with van der Waals surface area (Å²) in [6.07, 6.45) is 7.75. The van der Waals surface area contributed by atoms with Crippen LogP contribution in [0.1, 0.15) is 48.0 Å². The Bertz CT molecular complexity index is 967. The number of carbonyl (C=O) groups excluding carboxylic acids is 1. The van der Waals surface area contributed by atoms with Crippen LogP contribution in [0.25, 0.3) is 0 Å². The molecule has 1 aliphatic carbocycles. The zero-order valence-electron chi connectivity index (χ0n) is 16.6. The van der Waals surface area contributed by atoms with E-state index < -0.39 is 15.8 Å². The monoisotopic (exact) mass is 419 g/mol. The summed E-state index contributed by atoms with van der Waals surface area (Å²) in [5, 5.41) is 0. The maximum Gasteiger partial charge on any atom is 0.339 e. The summed E-state index contributed by atoms with van der Waals surface area (Å²) in [7, 11) is -0.887. The number of rotatable bonds is 7. The molecule has 0 radical (unpaired) electrons. The van der Waals surface area contributed by atoms with E-state index in [-0.39, 0.29) is 28.1 Å². The van der Waals surface area contributed by atoms with Crippen LogP contribution in [0, 0.1) is 0 Å². The van der Waals surface area contributed by atoms with Crippen LogP contribution in [0.4, 0.5) is 0 Å². The van der Waals surface area contributed by atoms with E-state index in [1.807, 2.05) is 0 Å². The lowest BCUT2D eigenvalue weighted by Crippen LogP contribution is -2.21. The highest BCUT2D eigenvalue weighted by Gasteiger charge is 2.23. The minimum atomic E-state index is -3.76. The molecule has 0 N–H and O–H groups in total. The average Bonchev–Trinajstić information content (AvgIpc) is 2.73. The van der Waals surface area contributed by atoms with Gasteiger partial charge in [-0.3, -0.25) is 4.98 Å². The quantitative estimate of drug-likeness (QED) is 0.634. The number of benzene rings is 1. The third-order valence-electron chi connectivity index (χ3n) is 4.92. The van der Waals surface area contributed by atoms with E-state index in [2.05, 4.69) is 4.98 Å². The molecule has 1 aromatic heterocycles. The molecule has 2 aromatic rings. The van der Waals surface area contributed by atoms with Gasteiger partial charge in [-0.1, -0.05) is 6.42 Å². The number of aromatic nitrogens is 1. The summed E-state index contributed by atoms with van der Waals surface area (Å²) in [5.74, 6) is -0.157. The van der Waals surface area contributed by atoms with Crippen molar-refractivity contribution in [2.75, 3.05) is 14.2 Å². The molecule has 156 valence electrons. The van der Waals surface area contributed by atoms with E-state index in [1.54, 1.807) is 12.1 Å². The van der Waals surface area contributed by atoms with Crippen molar-refractivity contribution in [3.05, 3.63) is 47.8 Å². The molecule has 0 saturated heterocycles. The highest BCUT2D eigenvalue weighted by Crippen LogP contribution is 2.30. The molecule has 7 nitrogen and oxygen atoms in total. The summed E-state index contributed by atoms with van der Waals surface area (Å²) in [6, 6.07) is 6.11. The molecule has 1 saturated carbocycles.